The molecule has 0 saturated carbocycles. The molecule has 27 heavy (non-hydrogen) atoms. The minimum Gasteiger partial charge on any atom is -0.336 e. The molecule has 0 bridgehead atoms. The van der Waals surface area contributed by atoms with Crippen molar-refractivity contribution in [1.82, 2.24) is 14.9 Å². The number of hydrogen-bond donors (Lipinski definition) is 2. The zero-order valence-corrected chi connectivity index (χ0v) is 16.1. The summed E-state index contributed by atoms with van der Waals surface area (Å²) in [5.74, 6) is 0. The van der Waals surface area contributed by atoms with Gasteiger partial charge in [-0.1, -0.05) is 57.2 Å². The second-order valence-electron chi connectivity index (χ2n) is 7.59. The Morgan fingerprint density at radius 3 is 2.52 bits per heavy atom. The van der Waals surface area contributed by atoms with Crippen LogP contribution in [-0.4, -0.2) is 22.1 Å². The zero-order chi connectivity index (χ0) is 19.3. The van der Waals surface area contributed by atoms with Crippen LogP contribution in [-0.2, 0) is 12.0 Å². The average molecular weight is 362 g/mol. The average Bonchev–Trinajstić information content (AvgIpc) is 3.15. The number of amides is 2. The summed E-state index contributed by atoms with van der Waals surface area (Å²) in [6.45, 7) is 7.84. The fraction of sp³-hybridized carbons (Fsp3) is 0.273. The van der Waals surface area contributed by atoms with Gasteiger partial charge in [-0.3, -0.25) is 0 Å². The molecule has 0 radical (unpaired) electrons. The number of urea groups is 1. The van der Waals surface area contributed by atoms with Gasteiger partial charge in [0.15, 0.2) is 0 Å². The molecule has 0 atom stereocenters. The van der Waals surface area contributed by atoms with Crippen LogP contribution in [0.25, 0.3) is 11.1 Å². The monoisotopic (exact) mass is 362 g/mol. The summed E-state index contributed by atoms with van der Waals surface area (Å²) in [4.78, 5) is 16.1. The molecule has 0 aliphatic carbocycles. The number of carbonyl (C=O) groups excluding carboxylic acids is 1. The van der Waals surface area contributed by atoms with Gasteiger partial charge in [-0.2, -0.15) is 0 Å². The first-order valence-electron chi connectivity index (χ1n) is 9.13. The predicted molar refractivity (Wildman–Crippen MR) is 110 cm³/mol. The van der Waals surface area contributed by atoms with Gasteiger partial charge < -0.3 is 15.2 Å². The molecule has 1 aromatic heterocycles. The Morgan fingerprint density at radius 2 is 1.85 bits per heavy atom. The summed E-state index contributed by atoms with van der Waals surface area (Å²) in [6.07, 6.45) is 5.32. The fourth-order valence-corrected chi connectivity index (χ4v) is 2.83. The molecule has 5 heteroatoms. The lowest BCUT2D eigenvalue weighted by atomic mass is 9.86. The van der Waals surface area contributed by atoms with E-state index in [4.69, 9.17) is 0 Å². The lowest BCUT2D eigenvalue weighted by Gasteiger charge is -2.19. The molecular formula is C22H26N4O. The van der Waals surface area contributed by atoms with E-state index in [1.54, 1.807) is 12.5 Å². The highest BCUT2D eigenvalue weighted by Gasteiger charge is 2.13. The molecule has 0 spiro atoms. The first-order chi connectivity index (χ1) is 12.9. The number of carbonyl (C=O) groups is 1. The number of nitrogens with one attached hydrogen (secondary N) is 2. The highest BCUT2D eigenvalue weighted by Crippen LogP contribution is 2.27. The van der Waals surface area contributed by atoms with E-state index in [0.717, 1.165) is 16.8 Å². The van der Waals surface area contributed by atoms with Gasteiger partial charge in [0.25, 0.3) is 0 Å². The summed E-state index contributed by atoms with van der Waals surface area (Å²) in [6, 6.07) is 16.3. The quantitative estimate of drug-likeness (QED) is 0.693. The molecule has 0 fully saturated rings. The van der Waals surface area contributed by atoms with Crippen LogP contribution in [0.1, 0.15) is 26.3 Å². The molecule has 2 aromatic carbocycles. The van der Waals surface area contributed by atoms with Crippen LogP contribution in [0.4, 0.5) is 10.5 Å². The Bertz CT molecular complexity index is 877. The molecule has 0 unspecified atom stereocenters. The maximum absolute atomic E-state index is 12.1. The summed E-state index contributed by atoms with van der Waals surface area (Å²) in [7, 11) is 0. The van der Waals surface area contributed by atoms with Crippen LogP contribution in [0.3, 0.4) is 0 Å². The van der Waals surface area contributed by atoms with Crippen LogP contribution in [0.15, 0.2) is 67.3 Å². The van der Waals surface area contributed by atoms with Crippen LogP contribution >= 0.6 is 0 Å². The molecule has 0 saturated heterocycles. The van der Waals surface area contributed by atoms with Crippen LogP contribution in [0.5, 0.6) is 0 Å². The minimum atomic E-state index is -0.213. The number of benzene rings is 2. The van der Waals surface area contributed by atoms with Gasteiger partial charge >= 0.3 is 6.03 Å². The SMILES string of the molecule is CC(C)(C)c1ccc(-c2cccc(NC(=O)NCCn3ccnc3)c2)cc1. The predicted octanol–water partition coefficient (Wildman–Crippen LogP) is 4.67. The summed E-state index contributed by atoms with van der Waals surface area (Å²) in [5, 5.41) is 5.75. The van der Waals surface area contributed by atoms with Crippen LogP contribution in [0, 0.1) is 0 Å². The Labute approximate surface area is 160 Å². The maximum atomic E-state index is 12.1. The fourth-order valence-electron chi connectivity index (χ4n) is 2.83. The number of nitrogens with zero attached hydrogens (tertiary/aromatic N) is 2. The van der Waals surface area contributed by atoms with E-state index in [1.165, 1.54) is 5.56 Å². The third kappa shape index (κ3) is 5.20. The summed E-state index contributed by atoms with van der Waals surface area (Å²) >= 11 is 0. The van der Waals surface area contributed by atoms with E-state index in [-0.39, 0.29) is 11.4 Å². The standard InChI is InChI=1S/C22H26N4O/c1-22(2,3)19-9-7-17(8-10-19)18-5-4-6-20(15-18)25-21(27)24-12-14-26-13-11-23-16-26/h4-11,13,15-16H,12,14H2,1-3H3,(H2,24,25,27). The molecule has 3 aromatic rings. The summed E-state index contributed by atoms with van der Waals surface area (Å²) < 4.78 is 1.92. The van der Waals surface area contributed by atoms with Gasteiger partial charge in [0.1, 0.15) is 0 Å². The number of hydrogen-bond acceptors (Lipinski definition) is 2. The molecule has 2 N–H and O–H groups in total. The lowest BCUT2D eigenvalue weighted by Crippen LogP contribution is -2.31. The third-order valence-corrected chi connectivity index (χ3v) is 4.42. The molecule has 0 aliphatic heterocycles. The summed E-state index contributed by atoms with van der Waals surface area (Å²) in [5.41, 5.74) is 4.42. The molecule has 5 nitrogen and oxygen atoms in total. The number of rotatable bonds is 5. The molecular weight excluding hydrogens is 336 g/mol. The maximum Gasteiger partial charge on any atom is 0.319 e. The van der Waals surface area contributed by atoms with Gasteiger partial charge in [0.2, 0.25) is 0 Å². The number of imidazole rings is 1. The second-order valence-corrected chi connectivity index (χ2v) is 7.59. The smallest absolute Gasteiger partial charge is 0.319 e. The van der Waals surface area contributed by atoms with E-state index in [2.05, 4.69) is 60.7 Å². The Balaban J connectivity index is 1.60. The van der Waals surface area contributed by atoms with Crippen LogP contribution < -0.4 is 10.6 Å². The van der Waals surface area contributed by atoms with E-state index in [9.17, 15) is 4.79 Å². The normalized spacial score (nSPS) is 11.2. The largest absolute Gasteiger partial charge is 0.336 e. The van der Waals surface area contributed by atoms with E-state index < -0.39 is 0 Å². The lowest BCUT2D eigenvalue weighted by molar-refractivity contribution is 0.251. The van der Waals surface area contributed by atoms with Crippen LogP contribution in [0.2, 0.25) is 0 Å². The van der Waals surface area contributed by atoms with Gasteiger partial charge in [-0.25, -0.2) is 9.78 Å². The highest BCUT2D eigenvalue weighted by molar-refractivity contribution is 5.90. The van der Waals surface area contributed by atoms with Gasteiger partial charge in [0.05, 0.1) is 6.33 Å². The number of anilines is 1. The molecule has 2 amide bonds. The van der Waals surface area contributed by atoms with Crippen molar-refractivity contribution in [2.24, 2.45) is 0 Å². The van der Waals surface area contributed by atoms with E-state index in [0.29, 0.717) is 13.1 Å². The van der Waals surface area contributed by atoms with Crippen molar-refractivity contribution < 1.29 is 4.79 Å². The van der Waals surface area contributed by atoms with Crippen molar-refractivity contribution >= 4 is 11.7 Å². The number of aromatic nitrogens is 2. The van der Waals surface area contributed by atoms with Crippen molar-refractivity contribution in [2.45, 2.75) is 32.7 Å². The molecule has 3 rings (SSSR count). The zero-order valence-electron chi connectivity index (χ0n) is 16.1. The van der Waals surface area contributed by atoms with Gasteiger partial charge in [-0.15, -0.1) is 0 Å². The molecule has 0 aliphatic rings. The van der Waals surface area contributed by atoms with E-state index >= 15 is 0 Å². The van der Waals surface area contributed by atoms with Gasteiger partial charge in [-0.05, 0) is 34.2 Å². The van der Waals surface area contributed by atoms with Crippen molar-refractivity contribution in [2.75, 3.05) is 11.9 Å². The van der Waals surface area contributed by atoms with E-state index in [1.807, 2.05) is 35.0 Å². The van der Waals surface area contributed by atoms with Crippen molar-refractivity contribution in [3.8, 4) is 11.1 Å². The minimum absolute atomic E-state index is 0.136. The Morgan fingerprint density at radius 1 is 1.07 bits per heavy atom. The highest BCUT2D eigenvalue weighted by atomic mass is 16.2. The van der Waals surface area contributed by atoms with Crippen molar-refractivity contribution in [1.29, 1.82) is 0 Å². The molecule has 140 valence electrons. The van der Waals surface area contributed by atoms with Crippen molar-refractivity contribution in [3.63, 3.8) is 0 Å². The Hall–Kier alpha value is -3.08. The third-order valence-electron chi connectivity index (χ3n) is 4.42. The molecule has 1 heterocycles. The topological polar surface area (TPSA) is 59.0 Å². The van der Waals surface area contributed by atoms with Gasteiger partial charge in [0, 0.05) is 31.2 Å². The first-order valence-corrected chi connectivity index (χ1v) is 9.13. The second kappa shape index (κ2) is 8.08. The first kappa shape index (κ1) is 18.7. The van der Waals surface area contributed by atoms with Crippen molar-refractivity contribution in [3.05, 3.63) is 72.8 Å². The Kier molecular flexibility index (Phi) is 5.60.